The van der Waals surface area contributed by atoms with E-state index in [0.29, 0.717) is 23.8 Å². The Kier molecular flexibility index (Phi) is 8.32. The SMILES string of the molecule is COc1ccc(N2CCN(CC(=O)N3CCNC(=O)[C@H]3CC(=O)Nc3ccc(C)c(Cl)c3)CC2)cc1. The third kappa shape index (κ3) is 6.27. The van der Waals surface area contributed by atoms with Crippen molar-refractivity contribution >= 4 is 40.7 Å². The fraction of sp³-hybridized carbons (Fsp3) is 0.423. The minimum atomic E-state index is -0.840. The molecule has 2 fully saturated rings. The average Bonchev–Trinajstić information content (AvgIpc) is 2.88. The highest BCUT2D eigenvalue weighted by atomic mass is 35.5. The standard InChI is InChI=1S/C26H32ClN5O4/c1-18-3-4-19(15-22(18)27)29-24(33)16-23-26(35)28-9-10-32(23)25(34)17-30-11-13-31(14-12-30)20-5-7-21(36-2)8-6-20/h3-8,15,23H,9-14,16-17H2,1-2H3,(H,28,35)(H,29,33)/t23-/m1/s1. The molecule has 36 heavy (non-hydrogen) atoms. The van der Waals surface area contributed by atoms with Crippen molar-refractivity contribution in [2.24, 2.45) is 0 Å². The third-order valence-corrected chi connectivity index (χ3v) is 7.06. The van der Waals surface area contributed by atoms with E-state index in [1.165, 1.54) is 4.90 Å². The van der Waals surface area contributed by atoms with Gasteiger partial charge in [-0.25, -0.2) is 0 Å². The fourth-order valence-electron chi connectivity index (χ4n) is 4.51. The minimum Gasteiger partial charge on any atom is -0.497 e. The lowest BCUT2D eigenvalue weighted by atomic mass is 10.1. The smallest absolute Gasteiger partial charge is 0.243 e. The zero-order valence-corrected chi connectivity index (χ0v) is 21.4. The van der Waals surface area contributed by atoms with Crippen LogP contribution < -0.4 is 20.3 Å². The van der Waals surface area contributed by atoms with Crippen molar-refractivity contribution in [2.75, 3.05) is 63.1 Å². The zero-order chi connectivity index (χ0) is 25.7. The molecule has 0 bridgehead atoms. The van der Waals surface area contributed by atoms with Crippen LogP contribution in [0.1, 0.15) is 12.0 Å². The molecule has 192 valence electrons. The maximum absolute atomic E-state index is 13.2. The van der Waals surface area contributed by atoms with E-state index in [2.05, 4.69) is 20.4 Å². The summed E-state index contributed by atoms with van der Waals surface area (Å²) in [6.07, 6.45) is -0.117. The number of piperazine rings is 2. The topological polar surface area (TPSA) is 94.2 Å². The van der Waals surface area contributed by atoms with E-state index in [-0.39, 0.29) is 30.7 Å². The molecular formula is C26H32ClN5O4. The van der Waals surface area contributed by atoms with Crippen molar-refractivity contribution < 1.29 is 19.1 Å². The first-order valence-corrected chi connectivity index (χ1v) is 12.5. The maximum Gasteiger partial charge on any atom is 0.243 e. The van der Waals surface area contributed by atoms with Crippen LogP contribution in [0.2, 0.25) is 5.02 Å². The number of nitrogens with zero attached hydrogens (tertiary/aromatic N) is 3. The summed E-state index contributed by atoms with van der Waals surface area (Å²) >= 11 is 6.14. The van der Waals surface area contributed by atoms with Crippen LogP contribution in [0, 0.1) is 6.92 Å². The predicted molar refractivity (Wildman–Crippen MR) is 140 cm³/mol. The molecule has 2 aliphatic heterocycles. The second-order valence-electron chi connectivity index (χ2n) is 9.07. The number of hydrogen-bond donors (Lipinski definition) is 2. The lowest BCUT2D eigenvalue weighted by Crippen LogP contribution is -2.60. The second-order valence-corrected chi connectivity index (χ2v) is 9.48. The van der Waals surface area contributed by atoms with Crippen molar-refractivity contribution in [1.29, 1.82) is 0 Å². The monoisotopic (exact) mass is 513 g/mol. The molecule has 0 radical (unpaired) electrons. The molecule has 0 saturated carbocycles. The van der Waals surface area contributed by atoms with E-state index < -0.39 is 6.04 Å². The summed E-state index contributed by atoms with van der Waals surface area (Å²) in [7, 11) is 1.65. The molecule has 0 aliphatic carbocycles. The molecule has 10 heteroatoms. The summed E-state index contributed by atoms with van der Waals surface area (Å²) in [4.78, 5) is 44.4. The molecule has 9 nitrogen and oxygen atoms in total. The van der Waals surface area contributed by atoms with Gasteiger partial charge in [-0.05, 0) is 48.9 Å². The first kappa shape index (κ1) is 25.8. The Bertz CT molecular complexity index is 1100. The van der Waals surface area contributed by atoms with E-state index in [1.54, 1.807) is 19.2 Å². The number of carbonyl (C=O) groups is 3. The van der Waals surface area contributed by atoms with Crippen LogP contribution in [0.5, 0.6) is 5.75 Å². The van der Waals surface area contributed by atoms with Gasteiger partial charge in [0.15, 0.2) is 0 Å². The molecule has 0 spiro atoms. The van der Waals surface area contributed by atoms with E-state index in [1.807, 2.05) is 37.3 Å². The Morgan fingerprint density at radius 1 is 1.08 bits per heavy atom. The average molecular weight is 514 g/mol. The number of carbonyl (C=O) groups excluding carboxylic acids is 3. The largest absolute Gasteiger partial charge is 0.497 e. The van der Waals surface area contributed by atoms with Crippen LogP contribution in [-0.4, -0.2) is 86.5 Å². The lowest BCUT2D eigenvalue weighted by Gasteiger charge is -2.39. The maximum atomic E-state index is 13.2. The molecule has 0 unspecified atom stereocenters. The number of nitrogens with one attached hydrogen (secondary N) is 2. The molecule has 2 aliphatic rings. The number of ether oxygens (including phenoxy) is 1. The van der Waals surface area contributed by atoms with Gasteiger partial charge in [-0.1, -0.05) is 17.7 Å². The van der Waals surface area contributed by atoms with Crippen LogP contribution >= 0.6 is 11.6 Å². The number of hydrogen-bond acceptors (Lipinski definition) is 6. The highest BCUT2D eigenvalue weighted by molar-refractivity contribution is 6.31. The number of rotatable bonds is 7. The Morgan fingerprint density at radius 3 is 2.47 bits per heavy atom. The van der Waals surface area contributed by atoms with Gasteiger partial charge in [0.25, 0.3) is 0 Å². The number of aryl methyl sites for hydroxylation is 1. The molecule has 1 atom stereocenters. The van der Waals surface area contributed by atoms with Gasteiger partial charge in [0.05, 0.1) is 20.1 Å². The van der Waals surface area contributed by atoms with Crippen LogP contribution in [0.3, 0.4) is 0 Å². The summed E-state index contributed by atoms with van der Waals surface area (Å²) < 4.78 is 5.23. The van der Waals surface area contributed by atoms with E-state index in [0.717, 1.165) is 43.2 Å². The van der Waals surface area contributed by atoms with Crippen molar-refractivity contribution in [3.05, 3.63) is 53.1 Å². The highest BCUT2D eigenvalue weighted by Crippen LogP contribution is 2.22. The summed E-state index contributed by atoms with van der Waals surface area (Å²) in [5.74, 6) is 0.0252. The number of amides is 3. The van der Waals surface area contributed by atoms with Gasteiger partial charge in [-0.2, -0.15) is 0 Å². The summed E-state index contributed by atoms with van der Waals surface area (Å²) in [5.41, 5.74) is 2.58. The van der Waals surface area contributed by atoms with E-state index >= 15 is 0 Å². The van der Waals surface area contributed by atoms with Gasteiger partial charge in [0.2, 0.25) is 17.7 Å². The van der Waals surface area contributed by atoms with Gasteiger partial charge in [-0.15, -0.1) is 0 Å². The van der Waals surface area contributed by atoms with Crippen molar-refractivity contribution in [1.82, 2.24) is 15.1 Å². The molecule has 2 aromatic rings. The molecule has 2 N–H and O–H groups in total. The molecule has 4 rings (SSSR count). The number of methoxy groups -OCH3 is 1. The molecular weight excluding hydrogens is 482 g/mol. The Balaban J connectivity index is 1.31. The van der Waals surface area contributed by atoms with Crippen LogP contribution in [0.25, 0.3) is 0 Å². The van der Waals surface area contributed by atoms with Gasteiger partial charge in [0, 0.05) is 55.7 Å². The van der Waals surface area contributed by atoms with E-state index in [9.17, 15) is 14.4 Å². The normalized spacial score (nSPS) is 18.5. The quantitative estimate of drug-likeness (QED) is 0.589. The van der Waals surface area contributed by atoms with Gasteiger partial charge in [0.1, 0.15) is 11.8 Å². The van der Waals surface area contributed by atoms with Crippen LogP contribution in [-0.2, 0) is 14.4 Å². The Hall–Kier alpha value is -3.30. The molecule has 2 aromatic carbocycles. The zero-order valence-electron chi connectivity index (χ0n) is 20.6. The van der Waals surface area contributed by atoms with Crippen molar-refractivity contribution in [3.8, 4) is 5.75 Å². The third-order valence-electron chi connectivity index (χ3n) is 6.65. The fourth-order valence-corrected chi connectivity index (χ4v) is 4.69. The summed E-state index contributed by atoms with van der Waals surface area (Å²) in [5, 5.41) is 6.10. The van der Waals surface area contributed by atoms with Gasteiger partial charge < -0.3 is 25.2 Å². The Morgan fingerprint density at radius 2 is 1.81 bits per heavy atom. The van der Waals surface area contributed by atoms with Crippen LogP contribution in [0.4, 0.5) is 11.4 Å². The second kappa shape index (κ2) is 11.6. The number of anilines is 2. The van der Waals surface area contributed by atoms with E-state index in [4.69, 9.17) is 16.3 Å². The van der Waals surface area contributed by atoms with Gasteiger partial charge >= 0.3 is 0 Å². The molecule has 2 saturated heterocycles. The lowest BCUT2D eigenvalue weighted by molar-refractivity contribution is -0.145. The summed E-state index contributed by atoms with van der Waals surface area (Å²) in [6, 6.07) is 12.4. The number of benzene rings is 2. The first-order valence-electron chi connectivity index (χ1n) is 12.1. The molecule has 2 heterocycles. The highest BCUT2D eigenvalue weighted by Gasteiger charge is 2.35. The Labute approximate surface area is 216 Å². The summed E-state index contributed by atoms with van der Waals surface area (Å²) in [6.45, 7) is 5.91. The molecule has 3 amide bonds. The van der Waals surface area contributed by atoms with Crippen molar-refractivity contribution in [3.63, 3.8) is 0 Å². The molecule has 0 aromatic heterocycles. The minimum absolute atomic E-state index is 0.117. The predicted octanol–water partition coefficient (Wildman–Crippen LogP) is 2.13. The van der Waals surface area contributed by atoms with Crippen LogP contribution in [0.15, 0.2) is 42.5 Å². The van der Waals surface area contributed by atoms with Crippen molar-refractivity contribution in [2.45, 2.75) is 19.4 Å². The number of halogens is 1. The van der Waals surface area contributed by atoms with Gasteiger partial charge in [-0.3, -0.25) is 19.3 Å². The first-order chi connectivity index (χ1) is 17.3.